The largest absolute Gasteiger partial charge is 0.408 e. The number of hydrogen-bond donors (Lipinski definition) is 1. The van der Waals surface area contributed by atoms with Crippen molar-refractivity contribution in [1.29, 1.82) is 0 Å². The van der Waals surface area contributed by atoms with Gasteiger partial charge in [0.1, 0.15) is 17.4 Å². The van der Waals surface area contributed by atoms with Crippen LogP contribution in [0.3, 0.4) is 0 Å². The van der Waals surface area contributed by atoms with Gasteiger partial charge in [-0.1, -0.05) is 6.07 Å². The minimum absolute atomic E-state index is 0.0519. The highest BCUT2D eigenvalue weighted by Crippen LogP contribution is 2.33. The van der Waals surface area contributed by atoms with E-state index in [0.717, 1.165) is 4.90 Å². The number of halogens is 3. The molecule has 2 aromatic rings. The Hall–Kier alpha value is -2.58. The monoisotopic (exact) mass is 354 g/mol. The summed E-state index contributed by atoms with van der Waals surface area (Å²) in [5.41, 5.74) is 0.425. The van der Waals surface area contributed by atoms with Crippen LogP contribution >= 0.6 is 0 Å². The first-order chi connectivity index (χ1) is 11.8. The number of fused-ring (bicyclic) bond motifs is 1. The molecule has 1 saturated heterocycles. The number of piperidine rings is 1. The molecule has 0 radical (unpaired) electrons. The van der Waals surface area contributed by atoms with Crippen molar-refractivity contribution in [3.8, 4) is 0 Å². The Morgan fingerprint density at radius 3 is 2.68 bits per heavy atom. The third-order valence-electron chi connectivity index (χ3n) is 4.21. The number of alkyl halides is 3. The Kier molecular flexibility index (Phi) is 4.40. The molecule has 3 rings (SSSR count). The van der Waals surface area contributed by atoms with Crippen molar-refractivity contribution in [1.82, 2.24) is 19.6 Å². The molecule has 1 aliphatic heterocycles. The summed E-state index contributed by atoms with van der Waals surface area (Å²) in [7, 11) is 0. The summed E-state index contributed by atoms with van der Waals surface area (Å²) in [5.74, 6) is -1.13. The minimum atomic E-state index is -4.53. The zero-order chi connectivity index (χ0) is 18.2. The number of hydrogen-bond acceptors (Lipinski definition) is 3. The highest BCUT2D eigenvalue weighted by molar-refractivity contribution is 5.93. The molecule has 0 unspecified atom stereocenters. The average Bonchev–Trinajstić information content (AvgIpc) is 2.96. The number of rotatable bonds is 2. The smallest absolute Gasteiger partial charge is 0.352 e. The van der Waals surface area contributed by atoms with Gasteiger partial charge in [0.2, 0.25) is 5.91 Å². The van der Waals surface area contributed by atoms with E-state index >= 15 is 0 Å². The fourth-order valence-corrected chi connectivity index (χ4v) is 3.13. The molecule has 1 N–H and O–H groups in total. The predicted octanol–water partition coefficient (Wildman–Crippen LogP) is 2.01. The second-order valence-corrected chi connectivity index (χ2v) is 6.08. The lowest BCUT2D eigenvalue weighted by atomic mass is 9.97. The molecule has 6 nitrogen and oxygen atoms in total. The van der Waals surface area contributed by atoms with Gasteiger partial charge < -0.3 is 14.6 Å². The van der Waals surface area contributed by atoms with Crippen LogP contribution in [0.1, 0.15) is 30.3 Å². The van der Waals surface area contributed by atoms with E-state index in [2.05, 4.69) is 10.3 Å². The van der Waals surface area contributed by atoms with Crippen molar-refractivity contribution in [2.75, 3.05) is 6.54 Å². The lowest BCUT2D eigenvalue weighted by molar-refractivity contribution is -0.184. The number of aromatic nitrogens is 2. The summed E-state index contributed by atoms with van der Waals surface area (Å²) in [6.07, 6.45) is -1.55. The molecule has 2 atom stereocenters. The molecule has 0 saturated carbocycles. The molecule has 1 aliphatic rings. The zero-order valence-corrected chi connectivity index (χ0v) is 13.5. The molecule has 3 heterocycles. The Labute approximate surface area is 141 Å². The number of likely N-dealkylation sites (tertiary alicyclic amines) is 1. The average molecular weight is 354 g/mol. The number of carbonyl (C=O) groups is 2. The van der Waals surface area contributed by atoms with Crippen LogP contribution in [0.25, 0.3) is 5.65 Å². The zero-order valence-electron chi connectivity index (χ0n) is 13.5. The topological polar surface area (TPSA) is 66.7 Å². The number of nitrogens with zero attached hydrogens (tertiary/aromatic N) is 3. The maximum Gasteiger partial charge on any atom is 0.408 e. The quantitative estimate of drug-likeness (QED) is 0.897. The number of nitrogens with one attached hydrogen (secondary N) is 1. The number of imidazole rings is 1. The van der Waals surface area contributed by atoms with E-state index in [0.29, 0.717) is 5.65 Å². The summed E-state index contributed by atoms with van der Waals surface area (Å²) in [5, 5.41) is 2.59. The maximum absolute atomic E-state index is 13.4. The van der Waals surface area contributed by atoms with E-state index in [4.69, 9.17) is 0 Å². The van der Waals surface area contributed by atoms with Gasteiger partial charge in [0, 0.05) is 31.9 Å². The Bertz CT molecular complexity index is 769. The van der Waals surface area contributed by atoms with Crippen LogP contribution in [0.4, 0.5) is 13.2 Å². The number of amides is 2. The summed E-state index contributed by atoms with van der Waals surface area (Å²) in [4.78, 5) is 28.8. The first kappa shape index (κ1) is 17.2. The van der Waals surface area contributed by atoms with Gasteiger partial charge in [-0.2, -0.15) is 13.2 Å². The third kappa shape index (κ3) is 3.59. The molecule has 2 amide bonds. The van der Waals surface area contributed by atoms with Crippen molar-refractivity contribution < 1.29 is 22.8 Å². The van der Waals surface area contributed by atoms with Crippen molar-refractivity contribution in [3.05, 3.63) is 36.3 Å². The highest BCUT2D eigenvalue weighted by atomic mass is 19.4. The normalized spacial score (nSPS) is 21.4. The molecular weight excluding hydrogens is 337 g/mol. The van der Waals surface area contributed by atoms with Crippen LogP contribution in [0.2, 0.25) is 0 Å². The van der Waals surface area contributed by atoms with Crippen molar-refractivity contribution in [3.63, 3.8) is 0 Å². The van der Waals surface area contributed by atoms with Crippen LogP contribution in [0, 0.1) is 0 Å². The standard InChI is InChI=1S/C16H17F3N4O2/c1-10(24)20-11-5-6-13(16(17,18)19)23(8-11)15(25)12-9-22-7-3-2-4-14(22)21-12/h2-4,7,9,11,13H,5-6,8H2,1H3,(H,20,24)/t11-,13-/m1/s1. The Morgan fingerprint density at radius 1 is 1.28 bits per heavy atom. The van der Waals surface area contributed by atoms with E-state index in [1.165, 1.54) is 13.1 Å². The molecule has 0 aromatic carbocycles. The van der Waals surface area contributed by atoms with E-state index < -0.39 is 24.2 Å². The number of carbonyl (C=O) groups excluding carboxylic acids is 2. The second-order valence-electron chi connectivity index (χ2n) is 6.08. The fourth-order valence-electron chi connectivity index (χ4n) is 3.13. The summed E-state index contributed by atoms with van der Waals surface area (Å²) in [6, 6.07) is 2.73. The van der Waals surface area contributed by atoms with E-state index in [-0.39, 0.29) is 31.0 Å². The molecular formula is C16H17F3N4O2. The van der Waals surface area contributed by atoms with Crippen LogP contribution in [0.5, 0.6) is 0 Å². The van der Waals surface area contributed by atoms with Gasteiger partial charge in [-0.15, -0.1) is 0 Å². The molecule has 25 heavy (non-hydrogen) atoms. The minimum Gasteiger partial charge on any atom is -0.352 e. The molecule has 1 fully saturated rings. The van der Waals surface area contributed by atoms with Crippen LogP contribution in [-0.4, -0.2) is 50.9 Å². The summed E-state index contributed by atoms with van der Waals surface area (Å²) < 4.78 is 41.6. The van der Waals surface area contributed by atoms with E-state index in [9.17, 15) is 22.8 Å². The number of pyridine rings is 1. The van der Waals surface area contributed by atoms with E-state index in [1.54, 1.807) is 28.8 Å². The van der Waals surface area contributed by atoms with Crippen molar-refractivity contribution in [2.24, 2.45) is 0 Å². The van der Waals surface area contributed by atoms with Crippen LogP contribution in [0.15, 0.2) is 30.6 Å². The molecule has 0 spiro atoms. The molecule has 134 valence electrons. The molecule has 9 heteroatoms. The molecule has 0 bridgehead atoms. The van der Waals surface area contributed by atoms with Crippen molar-refractivity contribution in [2.45, 2.75) is 38.0 Å². The first-order valence-corrected chi connectivity index (χ1v) is 7.84. The third-order valence-corrected chi connectivity index (χ3v) is 4.21. The summed E-state index contributed by atoms with van der Waals surface area (Å²) in [6.45, 7) is 1.10. The SMILES string of the molecule is CC(=O)N[C@@H]1CC[C@H](C(F)(F)F)N(C(=O)c2cn3ccccc3n2)C1. The molecule has 0 aliphatic carbocycles. The maximum atomic E-state index is 13.4. The second kappa shape index (κ2) is 6.38. The lowest BCUT2D eigenvalue weighted by Gasteiger charge is -2.40. The summed E-state index contributed by atoms with van der Waals surface area (Å²) >= 11 is 0. The Morgan fingerprint density at radius 2 is 2.04 bits per heavy atom. The van der Waals surface area contributed by atoms with Crippen LogP contribution < -0.4 is 5.32 Å². The van der Waals surface area contributed by atoms with Gasteiger partial charge in [-0.05, 0) is 25.0 Å². The van der Waals surface area contributed by atoms with Gasteiger partial charge >= 0.3 is 6.18 Å². The van der Waals surface area contributed by atoms with E-state index in [1.807, 2.05) is 0 Å². The van der Waals surface area contributed by atoms with Gasteiger partial charge in [0.25, 0.3) is 5.91 Å². The molecule has 2 aromatic heterocycles. The fraction of sp³-hybridized carbons (Fsp3) is 0.438. The van der Waals surface area contributed by atoms with Gasteiger partial charge in [-0.25, -0.2) is 4.98 Å². The lowest BCUT2D eigenvalue weighted by Crippen LogP contribution is -2.58. The Balaban J connectivity index is 1.90. The van der Waals surface area contributed by atoms with Gasteiger partial charge in [0.05, 0.1) is 0 Å². The van der Waals surface area contributed by atoms with Gasteiger partial charge in [-0.3, -0.25) is 9.59 Å². The first-order valence-electron chi connectivity index (χ1n) is 7.84. The predicted molar refractivity (Wildman–Crippen MR) is 82.9 cm³/mol. The van der Waals surface area contributed by atoms with Gasteiger partial charge in [0.15, 0.2) is 0 Å². The highest BCUT2D eigenvalue weighted by Gasteiger charge is 2.48. The van der Waals surface area contributed by atoms with Crippen molar-refractivity contribution >= 4 is 17.5 Å². The van der Waals surface area contributed by atoms with Crippen LogP contribution in [-0.2, 0) is 4.79 Å².